The summed E-state index contributed by atoms with van der Waals surface area (Å²) in [5.41, 5.74) is 10.8. The minimum Gasteiger partial charge on any atom is -0.236 e. The molecule has 0 bridgehead atoms. The van der Waals surface area contributed by atoms with Gasteiger partial charge in [-0.2, -0.15) is 0 Å². The largest absolute Gasteiger partial charge is 0.236 e. The molecule has 9 rings (SSSR count). The number of benzene rings is 6. The quantitative estimate of drug-likeness (QED) is 0.181. The van der Waals surface area contributed by atoms with Crippen LogP contribution in [0.5, 0.6) is 0 Å². The Hall–Kier alpha value is -5.97. The van der Waals surface area contributed by atoms with E-state index in [0.717, 1.165) is 50.6 Å². The SMILES string of the molecule is C1=CC(c2ccccc2)CC=C1c1cc(-c2ccc(-c3ccc4ccccc4c3)cc2)nc(-c2ccc(-c3nc4ccccc4s3)cc2)n1. The number of aromatic nitrogens is 3. The summed E-state index contributed by atoms with van der Waals surface area (Å²) in [5.74, 6) is 1.07. The smallest absolute Gasteiger partial charge is 0.160 e. The fourth-order valence-electron chi connectivity index (χ4n) is 6.59. The molecule has 6 aromatic carbocycles. The van der Waals surface area contributed by atoms with Gasteiger partial charge in [0.2, 0.25) is 0 Å². The Kier molecular flexibility index (Phi) is 7.49. The van der Waals surface area contributed by atoms with Crippen LogP contribution >= 0.6 is 11.3 Å². The van der Waals surface area contributed by atoms with Crippen molar-refractivity contribution in [2.24, 2.45) is 0 Å². The molecular formula is C45H31N3S. The molecule has 232 valence electrons. The van der Waals surface area contributed by atoms with Crippen molar-refractivity contribution < 1.29 is 0 Å². The van der Waals surface area contributed by atoms with Crippen LogP contribution in [0.2, 0.25) is 0 Å². The second kappa shape index (κ2) is 12.6. The van der Waals surface area contributed by atoms with E-state index in [4.69, 9.17) is 15.0 Å². The van der Waals surface area contributed by atoms with Crippen LogP contribution in [0.3, 0.4) is 0 Å². The van der Waals surface area contributed by atoms with Crippen molar-refractivity contribution >= 4 is 37.9 Å². The van der Waals surface area contributed by atoms with Gasteiger partial charge in [-0.15, -0.1) is 11.3 Å². The molecule has 0 saturated heterocycles. The summed E-state index contributed by atoms with van der Waals surface area (Å²) in [6.07, 6.45) is 7.77. The second-order valence-electron chi connectivity index (χ2n) is 12.4. The number of hydrogen-bond donors (Lipinski definition) is 0. The van der Waals surface area contributed by atoms with Gasteiger partial charge in [-0.05, 0) is 63.7 Å². The standard InChI is InChI=1S/C45H31N3S/c1-2-8-30(9-3-1)32-14-19-34(20-15-32)41-29-42(35-21-16-33(17-22-35)39-27-18-31-10-4-5-11-38(31)28-39)47-44(46-41)36-23-25-37(26-24-36)45-48-40-12-6-7-13-43(40)49-45/h1-14,16-29,32H,15H2. The van der Waals surface area contributed by atoms with Crippen molar-refractivity contribution in [2.45, 2.75) is 12.3 Å². The molecule has 0 spiro atoms. The average molecular weight is 646 g/mol. The zero-order valence-corrected chi connectivity index (χ0v) is 27.5. The average Bonchev–Trinajstić information content (AvgIpc) is 3.63. The lowest BCUT2D eigenvalue weighted by atomic mass is 9.89. The van der Waals surface area contributed by atoms with E-state index in [1.54, 1.807) is 11.3 Å². The minimum absolute atomic E-state index is 0.364. The highest BCUT2D eigenvalue weighted by Crippen LogP contribution is 2.35. The third-order valence-corrected chi connectivity index (χ3v) is 10.4. The van der Waals surface area contributed by atoms with Crippen molar-refractivity contribution in [2.75, 3.05) is 0 Å². The van der Waals surface area contributed by atoms with Crippen molar-refractivity contribution in [3.63, 3.8) is 0 Å². The third-order valence-electron chi connectivity index (χ3n) is 9.30. The van der Waals surface area contributed by atoms with Crippen LogP contribution in [-0.4, -0.2) is 15.0 Å². The Balaban J connectivity index is 1.07. The summed E-state index contributed by atoms with van der Waals surface area (Å²) in [6.45, 7) is 0. The number of nitrogens with zero attached hydrogens (tertiary/aromatic N) is 3. The fraction of sp³-hybridized carbons (Fsp3) is 0.0444. The van der Waals surface area contributed by atoms with E-state index in [1.165, 1.54) is 32.2 Å². The monoisotopic (exact) mass is 645 g/mol. The molecule has 0 radical (unpaired) electrons. The van der Waals surface area contributed by atoms with Gasteiger partial charge in [-0.3, -0.25) is 0 Å². The molecule has 8 aromatic rings. The summed E-state index contributed by atoms with van der Waals surface area (Å²) in [7, 11) is 0. The van der Waals surface area contributed by atoms with Gasteiger partial charge in [0.05, 0.1) is 21.6 Å². The van der Waals surface area contributed by atoms with Crippen molar-refractivity contribution in [1.82, 2.24) is 15.0 Å². The maximum absolute atomic E-state index is 5.14. The van der Waals surface area contributed by atoms with Crippen LogP contribution in [0.1, 0.15) is 23.6 Å². The summed E-state index contributed by atoms with van der Waals surface area (Å²) >= 11 is 1.71. The molecule has 2 aromatic heterocycles. The normalized spacial score (nSPS) is 14.3. The summed E-state index contributed by atoms with van der Waals surface area (Å²) in [4.78, 5) is 15.1. The summed E-state index contributed by atoms with van der Waals surface area (Å²) in [6, 6.07) is 53.5. The maximum Gasteiger partial charge on any atom is 0.160 e. The zero-order valence-electron chi connectivity index (χ0n) is 26.7. The Morgan fingerprint density at radius 1 is 0.510 bits per heavy atom. The topological polar surface area (TPSA) is 38.7 Å². The Morgan fingerprint density at radius 3 is 1.98 bits per heavy atom. The van der Waals surface area contributed by atoms with Crippen LogP contribution in [0.15, 0.2) is 170 Å². The molecule has 1 unspecified atom stereocenters. The number of rotatable bonds is 6. The van der Waals surface area contributed by atoms with Gasteiger partial charge < -0.3 is 0 Å². The third kappa shape index (κ3) is 5.88. The van der Waals surface area contributed by atoms with Gasteiger partial charge in [-0.25, -0.2) is 15.0 Å². The number of para-hydroxylation sites is 1. The predicted molar refractivity (Wildman–Crippen MR) is 205 cm³/mol. The first-order valence-electron chi connectivity index (χ1n) is 16.6. The van der Waals surface area contributed by atoms with Crippen LogP contribution in [0, 0.1) is 0 Å². The van der Waals surface area contributed by atoms with Gasteiger partial charge in [0.15, 0.2) is 5.82 Å². The molecule has 0 saturated carbocycles. The second-order valence-corrected chi connectivity index (χ2v) is 13.5. The fourth-order valence-corrected chi connectivity index (χ4v) is 7.56. The van der Waals surface area contributed by atoms with Gasteiger partial charge >= 0.3 is 0 Å². The molecule has 0 aliphatic heterocycles. The van der Waals surface area contributed by atoms with E-state index in [9.17, 15) is 0 Å². The number of allylic oxidation sites excluding steroid dienone is 4. The molecule has 1 atom stereocenters. The number of hydrogen-bond acceptors (Lipinski definition) is 4. The zero-order chi connectivity index (χ0) is 32.6. The molecule has 4 heteroatoms. The molecule has 1 aliphatic rings. The highest BCUT2D eigenvalue weighted by molar-refractivity contribution is 7.21. The highest BCUT2D eigenvalue weighted by Gasteiger charge is 2.16. The van der Waals surface area contributed by atoms with Crippen molar-refractivity contribution in [1.29, 1.82) is 0 Å². The highest BCUT2D eigenvalue weighted by atomic mass is 32.1. The molecule has 2 heterocycles. The lowest BCUT2D eigenvalue weighted by molar-refractivity contribution is 0.855. The van der Waals surface area contributed by atoms with Crippen LogP contribution in [0.25, 0.3) is 70.9 Å². The van der Waals surface area contributed by atoms with Gasteiger partial charge in [0, 0.05) is 22.6 Å². The maximum atomic E-state index is 5.14. The predicted octanol–water partition coefficient (Wildman–Crippen LogP) is 12.0. The molecule has 0 N–H and O–H groups in total. The Labute approximate surface area is 289 Å². The Morgan fingerprint density at radius 2 is 1.18 bits per heavy atom. The molecular weight excluding hydrogens is 615 g/mol. The van der Waals surface area contributed by atoms with Crippen molar-refractivity contribution in [3.8, 4) is 44.3 Å². The van der Waals surface area contributed by atoms with E-state index < -0.39 is 0 Å². The van der Waals surface area contributed by atoms with E-state index in [0.29, 0.717) is 11.7 Å². The first-order chi connectivity index (χ1) is 24.2. The van der Waals surface area contributed by atoms with Gasteiger partial charge in [-0.1, -0.05) is 146 Å². The number of thiazole rings is 1. The van der Waals surface area contributed by atoms with E-state index in [1.807, 2.05) is 6.07 Å². The van der Waals surface area contributed by atoms with Crippen molar-refractivity contribution in [3.05, 3.63) is 181 Å². The lowest BCUT2D eigenvalue weighted by Gasteiger charge is -2.17. The van der Waals surface area contributed by atoms with E-state index in [2.05, 4.69) is 164 Å². The van der Waals surface area contributed by atoms with E-state index >= 15 is 0 Å². The molecule has 3 nitrogen and oxygen atoms in total. The van der Waals surface area contributed by atoms with Crippen LogP contribution in [0.4, 0.5) is 0 Å². The van der Waals surface area contributed by atoms with Gasteiger partial charge in [0.25, 0.3) is 0 Å². The van der Waals surface area contributed by atoms with E-state index in [-0.39, 0.29) is 0 Å². The lowest BCUT2D eigenvalue weighted by Crippen LogP contribution is -2.02. The van der Waals surface area contributed by atoms with Crippen LogP contribution < -0.4 is 0 Å². The molecule has 0 fully saturated rings. The Bertz CT molecular complexity index is 2480. The molecule has 0 amide bonds. The molecule has 49 heavy (non-hydrogen) atoms. The van der Waals surface area contributed by atoms with Crippen LogP contribution in [-0.2, 0) is 0 Å². The summed E-state index contributed by atoms with van der Waals surface area (Å²) < 4.78 is 1.19. The molecule has 1 aliphatic carbocycles. The first kappa shape index (κ1) is 29.2. The number of fused-ring (bicyclic) bond motifs is 2. The van der Waals surface area contributed by atoms with Gasteiger partial charge in [0.1, 0.15) is 5.01 Å². The summed E-state index contributed by atoms with van der Waals surface area (Å²) in [5, 5.41) is 3.50. The first-order valence-corrected chi connectivity index (χ1v) is 17.4. The minimum atomic E-state index is 0.364.